The second kappa shape index (κ2) is 7.14. The molecule has 2 aromatic rings. The minimum Gasteiger partial charge on any atom is -0.340 e. The van der Waals surface area contributed by atoms with Crippen molar-refractivity contribution in [1.82, 2.24) is 10.1 Å². The predicted molar refractivity (Wildman–Crippen MR) is 102 cm³/mol. The highest BCUT2D eigenvalue weighted by Gasteiger charge is 2.36. The number of rotatable bonds is 6. The van der Waals surface area contributed by atoms with Gasteiger partial charge >= 0.3 is 0 Å². The molecule has 1 aromatic carbocycles. The van der Waals surface area contributed by atoms with Crippen molar-refractivity contribution in [3.8, 4) is 11.3 Å². The van der Waals surface area contributed by atoms with Crippen LogP contribution in [0.25, 0.3) is 11.3 Å². The van der Waals surface area contributed by atoms with Crippen LogP contribution in [-0.2, 0) is 11.3 Å². The molecule has 0 spiro atoms. The van der Waals surface area contributed by atoms with Gasteiger partial charge in [-0.2, -0.15) is 0 Å². The summed E-state index contributed by atoms with van der Waals surface area (Å²) in [5.74, 6) is 1.08. The van der Waals surface area contributed by atoms with Crippen LogP contribution in [0.15, 0.2) is 34.9 Å². The van der Waals surface area contributed by atoms with Crippen LogP contribution in [0.5, 0.6) is 0 Å². The third-order valence-electron chi connectivity index (χ3n) is 5.30. The monoisotopic (exact) mass is 353 g/mol. The highest BCUT2D eigenvalue weighted by atomic mass is 16.5. The molecule has 1 aliphatic carbocycles. The third kappa shape index (κ3) is 3.35. The van der Waals surface area contributed by atoms with Crippen LogP contribution in [0, 0.1) is 5.92 Å². The quantitative estimate of drug-likeness (QED) is 0.785. The summed E-state index contributed by atoms with van der Waals surface area (Å²) in [5.41, 5.74) is 2.97. The molecular formula is C21H27N3O2. The number of nitrogens with zero attached hydrogens (tertiary/aromatic N) is 3. The van der Waals surface area contributed by atoms with Gasteiger partial charge in [-0.15, -0.1) is 0 Å². The Bertz CT molecular complexity index is 759. The molecule has 2 fully saturated rings. The van der Waals surface area contributed by atoms with Crippen molar-refractivity contribution < 1.29 is 9.32 Å². The normalized spacial score (nSPS) is 17.1. The molecule has 138 valence electrons. The number of hydrogen-bond donors (Lipinski definition) is 0. The number of aromatic nitrogens is 1. The van der Waals surface area contributed by atoms with Gasteiger partial charge in [0.25, 0.3) is 0 Å². The van der Waals surface area contributed by atoms with Gasteiger partial charge in [0.2, 0.25) is 11.8 Å². The van der Waals surface area contributed by atoms with E-state index in [-0.39, 0.29) is 11.8 Å². The van der Waals surface area contributed by atoms with Gasteiger partial charge in [0.15, 0.2) is 0 Å². The molecule has 1 saturated heterocycles. The van der Waals surface area contributed by atoms with Gasteiger partial charge in [-0.05, 0) is 25.7 Å². The van der Waals surface area contributed by atoms with Crippen LogP contribution in [0.3, 0.4) is 0 Å². The summed E-state index contributed by atoms with van der Waals surface area (Å²) in [6, 6.07) is 10.5. The van der Waals surface area contributed by atoms with Crippen LogP contribution in [0.4, 0.5) is 5.88 Å². The highest BCUT2D eigenvalue weighted by molar-refractivity contribution is 5.79. The molecule has 1 saturated carbocycles. The summed E-state index contributed by atoms with van der Waals surface area (Å²) in [7, 11) is 0. The second-order valence-corrected chi connectivity index (χ2v) is 7.73. The summed E-state index contributed by atoms with van der Waals surface area (Å²) in [4.78, 5) is 17.1. The Kier molecular flexibility index (Phi) is 4.70. The first-order valence-corrected chi connectivity index (χ1v) is 9.74. The summed E-state index contributed by atoms with van der Waals surface area (Å²) in [6.07, 6.45) is 4.56. The first-order chi connectivity index (χ1) is 12.6. The van der Waals surface area contributed by atoms with Crippen LogP contribution in [0.2, 0.25) is 0 Å². The first-order valence-electron chi connectivity index (χ1n) is 9.74. The number of hydrogen-bond acceptors (Lipinski definition) is 4. The van der Waals surface area contributed by atoms with Crippen LogP contribution in [-0.4, -0.2) is 35.1 Å². The molecule has 4 rings (SSSR count). The molecule has 26 heavy (non-hydrogen) atoms. The van der Waals surface area contributed by atoms with Gasteiger partial charge in [0.05, 0.1) is 12.1 Å². The maximum atomic E-state index is 12.8. The lowest BCUT2D eigenvalue weighted by Crippen LogP contribution is -2.36. The molecule has 0 radical (unpaired) electrons. The van der Waals surface area contributed by atoms with E-state index in [9.17, 15) is 4.79 Å². The zero-order valence-corrected chi connectivity index (χ0v) is 15.6. The minimum atomic E-state index is 0.00544. The molecular weight excluding hydrogens is 326 g/mol. The summed E-state index contributed by atoms with van der Waals surface area (Å²) in [6.45, 7) is 6.53. The molecule has 2 aliphatic rings. The zero-order valence-electron chi connectivity index (χ0n) is 15.6. The topological polar surface area (TPSA) is 49.6 Å². The van der Waals surface area contributed by atoms with E-state index in [2.05, 4.69) is 22.2 Å². The van der Waals surface area contributed by atoms with E-state index >= 15 is 0 Å². The van der Waals surface area contributed by atoms with Crippen molar-refractivity contribution in [3.63, 3.8) is 0 Å². The average Bonchev–Trinajstić information content (AvgIpc) is 3.18. The van der Waals surface area contributed by atoms with E-state index in [1.54, 1.807) is 0 Å². The van der Waals surface area contributed by atoms with Crippen molar-refractivity contribution in [2.45, 2.75) is 52.1 Å². The Morgan fingerprint density at radius 3 is 2.54 bits per heavy atom. The molecule has 0 atom stereocenters. The first kappa shape index (κ1) is 17.1. The lowest BCUT2D eigenvalue weighted by Gasteiger charge is -2.25. The average molecular weight is 353 g/mol. The van der Waals surface area contributed by atoms with E-state index in [1.807, 2.05) is 36.9 Å². The van der Waals surface area contributed by atoms with Gasteiger partial charge in [0, 0.05) is 30.6 Å². The lowest BCUT2D eigenvalue weighted by molar-refractivity contribution is -0.135. The van der Waals surface area contributed by atoms with Crippen LogP contribution in [0.1, 0.15) is 45.1 Å². The van der Waals surface area contributed by atoms with E-state index in [0.29, 0.717) is 12.6 Å². The van der Waals surface area contributed by atoms with Gasteiger partial charge in [0.1, 0.15) is 5.69 Å². The maximum Gasteiger partial charge on any atom is 0.232 e. The Balaban J connectivity index is 1.72. The van der Waals surface area contributed by atoms with Crippen molar-refractivity contribution in [2.24, 2.45) is 5.92 Å². The number of amides is 1. The molecule has 1 aromatic heterocycles. The fraction of sp³-hybridized carbons (Fsp3) is 0.524. The highest BCUT2D eigenvalue weighted by Crippen LogP contribution is 2.37. The smallest absolute Gasteiger partial charge is 0.232 e. The fourth-order valence-corrected chi connectivity index (χ4v) is 3.71. The van der Waals surface area contributed by atoms with Crippen molar-refractivity contribution in [2.75, 3.05) is 18.0 Å². The second-order valence-electron chi connectivity index (χ2n) is 7.73. The Morgan fingerprint density at radius 2 is 1.92 bits per heavy atom. The van der Waals surface area contributed by atoms with E-state index in [1.165, 1.54) is 12.8 Å². The van der Waals surface area contributed by atoms with E-state index in [0.717, 1.165) is 48.6 Å². The van der Waals surface area contributed by atoms with Gasteiger partial charge in [-0.1, -0.05) is 49.3 Å². The summed E-state index contributed by atoms with van der Waals surface area (Å²) < 4.78 is 5.81. The predicted octanol–water partition coefficient (Wildman–Crippen LogP) is 4.09. The largest absolute Gasteiger partial charge is 0.340 e. The van der Waals surface area contributed by atoms with Gasteiger partial charge in [-0.25, -0.2) is 0 Å². The molecule has 5 heteroatoms. The Hall–Kier alpha value is -2.30. The van der Waals surface area contributed by atoms with E-state index in [4.69, 9.17) is 4.52 Å². The van der Waals surface area contributed by atoms with E-state index < -0.39 is 0 Å². The third-order valence-corrected chi connectivity index (χ3v) is 5.30. The van der Waals surface area contributed by atoms with Crippen LogP contribution >= 0.6 is 0 Å². The molecule has 5 nitrogen and oxygen atoms in total. The van der Waals surface area contributed by atoms with Gasteiger partial charge < -0.3 is 14.3 Å². The molecule has 0 unspecified atom stereocenters. The molecule has 0 bridgehead atoms. The summed E-state index contributed by atoms with van der Waals surface area (Å²) >= 11 is 0. The Morgan fingerprint density at radius 1 is 1.23 bits per heavy atom. The molecule has 2 heterocycles. The van der Waals surface area contributed by atoms with Crippen molar-refractivity contribution in [3.05, 3.63) is 35.9 Å². The van der Waals surface area contributed by atoms with Crippen molar-refractivity contribution >= 4 is 11.8 Å². The lowest BCUT2D eigenvalue weighted by atomic mass is 10.1. The standard InChI is InChI=1S/C21H27N3O2/c1-15(2)20(25)24(17-10-11-17)14-18-19(16-8-4-3-5-9-16)22-26-21(18)23-12-6-7-13-23/h3-5,8-9,15,17H,6-7,10-14H2,1-2H3. The van der Waals surface area contributed by atoms with Gasteiger partial charge in [-0.3, -0.25) is 4.79 Å². The number of benzene rings is 1. The minimum absolute atomic E-state index is 0.00544. The number of carbonyl (C=O) groups excluding carboxylic acids is 1. The number of anilines is 1. The van der Waals surface area contributed by atoms with Crippen molar-refractivity contribution in [1.29, 1.82) is 0 Å². The molecule has 1 aliphatic heterocycles. The molecule has 1 amide bonds. The number of carbonyl (C=O) groups is 1. The Labute approximate surface area is 155 Å². The molecule has 0 N–H and O–H groups in total. The maximum absolute atomic E-state index is 12.8. The fourth-order valence-electron chi connectivity index (χ4n) is 3.71. The SMILES string of the molecule is CC(C)C(=O)N(Cc1c(-c2ccccc2)noc1N1CCCC1)C1CC1. The zero-order chi connectivity index (χ0) is 18.1. The van der Waals surface area contributed by atoms with Crippen LogP contribution < -0.4 is 4.90 Å². The summed E-state index contributed by atoms with van der Waals surface area (Å²) in [5, 5.41) is 4.41.